The van der Waals surface area contributed by atoms with Crippen LogP contribution in [0.5, 0.6) is 0 Å². The lowest BCUT2D eigenvalue weighted by molar-refractivity contribution is 0.593. The van der Waals surface area contributed by atoms with E-state index in [1.54, 1.807) is 6.33 Å². The van der Waals surface area contributed by atoms with Gasteiger partial charge in [-0.25, -0.2) is 9.97 Å². The Labute approximate surface area is 198 Å². The second-order valence-electron chi connectivity index (χ2n) is 8.34. The number of hydrogen-bond acceptors (Lipinski definition) is 4. The second kappa shape index (κ2) is 10.5. The van der Waals surface area contributed by atoms with Crippen molar-refractivity contribution in [1.82, 2.24) is 9.97 Å². The Bertz CT molecular complexity index is 989. The predicted octanol–water partition coefficient (Wildman–Crippen LogP) is 7.07. The van der Waals surface area contributed by atoms with Crippen molar-refractivity contribution in [2.45, 2.75) is 57.0 Å². The van der Waals surface area contributed by atoms with Crippen LogP contribution in [0.2, 0.25) is 5.02 Å². The summed E-state index contributed by atoms with van der Waals surface area (Å²) in [6.45, 7) is 2.22. The fourth-order valence-corrected chi connectivity index (χ4v) is 4.87. The highest BCUT2D eigenvalue weighted by atomic mass is 79.9. The zero-order valence-electron chi connectivity index (χ0n) is 17.7. The summed E-state index contributed by atoms with van der Waals surface area (Å²) in [4.78, 5) is 8.90. The Morgan fingerprint density at radius 1 is 1.03 bits per heavy atom. The van der Waals surface area contributed by atoms with Gasteiger partial charge >= 0.3 is 0 Å². The van der Waals surface area contributed by atoms with Gasteiger partial charge in [-0.3, -0.25) is 0 Å². The van der Waals surface area contributed by atoms with Crippen LogP contribution < -0.4 is 10.6 Å². The van der Waals surface area contributed by atoms with Gasteiger partial charge in [0.1, 0.15) is 18.0 Å². The molecular weight excluding hydrogens is 472 g/mol. The number of aromatic nitrogens is 2. The topological polar surface area (TPSA) is 49.8 Å². The Balaban J connectivity index is 1.52. The summed E-state index contributed by atoms with van der Waals surface area (Å²) in [6, 6.07) is 19.4. The summed E-state index contributed by atoms with van der Waals surface area (Å²) in [5, 5.41) is 7.94. The van der Waals surface area contributed by atoms with E-state index < -0.39 is 0 Å². The molecule has 2 atom stereocenters. The predicted molar refractivity (Wildman–Crippen MR) is 133 cm³/mol. The zero-order valence-corrected chi connectivity index (χ0v) is 20.0. The fraction of sp³-hybridized carbons (Fsp3) is 0.360. The Kier molecular flexibility index (Phi) is 7.46. The first-order valence-electron chi connectivity index (χ1n) is 10.9. The molecule has 0 spiro atoms. The maximum absolute atomic E-state index is 6.09. The molecular formula is C25H28BrClN4. The standard InChI is InChI=1S/C25H28BrClN4/c1-17(30-24-15-25(29-16-28-24)31-22-7-2-3-8-22)23(19-5-4-6-20(26)14-19)13-18-9-11-21(27)12-10-18/h4-6,9-12,14-17,22-23H,2-3,7-8,13H2,1H3,(H2,28,29,30,31)/t17-,23+/m0/s1. The maximum Gasteiger partial charge on any atom is 0.131 e. The minimum atomic E-state index is 0.166. The molecule has 0 saturated heterocycles. The second-order valence-corrected chi connectivity index (χ2v) is 9.69. The molecule has 1 saturated carbocycles. The van der Waals surface area contributed by atoms with Gasteiger partial charge in [-0.2, -0.15) is 0 Å². The van der Waals surface area contributed by atoms with E-state index in [0.29, 0.717) is 6.04 Å². The fourth-order valence-electron chi connectivity index (χ4n) is 4.32. The van der Waals surface area contributed by atoms with Crippen molar-refractivity contribution < 1.29 is 0 Å². The smallest absolute Gasteiger partial charge is 0.131 e. The summed E-state index contributed by atoms with van der Waals surface area (Å²) >= 11 is 9.72. The average molecular weight is 500 g/mol. The summed E-state index contributed by atoms with van der Waals surface area (Å²) in [6.07, 6.45) is 7.57. The van der Waals surface area contributed by atoms with Crippen molar-refractivity contribution in [2.75, 3.05) is 10.6 Å². The molecule has 0 amide bonds. The molecule has 3 aromatic rings. The lowest BCUT2D eigenvalue weighted by Crippen LogP contribution is -2.27. The maximum atomic E-state index is 6.09. The summed E-state index contributed by atoms with van der Waals surface area (Å²) < 4.78 is 1.09. The lowest BCUT2D eigenvalue weighted by Gasteiger charge is -2.26. The van der Waals surface area contributed by atoms with Crippen molar-refractivity contribution in [3.05, 3.63) is 81.5 Å². The van der Waals surface area contributed by atoms with E-state index in [2.05, 4.69) is 79.9 Å². The molecule has 0 aliphatic heterocycles. The van der Waals surface area contributed by atoms with Crippen molar-refractivity contribution >= 4 is 39.2 Å². The average Bonchev–Trinajstić information content (AvgIpc) is 3.26. The monoisotopic (exact) mass is 498 g/mol. The molecule has 1 aliphatic carbocycles. The molecule has 1 aliphatic rings. The number of nitrogens with zero attached hydrogens (tertiary/aromatic N) is 2. The van der Waals surface area contributed by atoms with E-state index in [4.69, 9.17) is 11.6 Å². The summed E-state index contributed by atoms with van der Waals surface area (Å²) in [7, 11) is 0. The van der Waals surface area contributed by atoms with Crippen molar-refractivity contribution in [2.24, 2.45) is 0 Å². The number of rotatable bonds is 8. The normalized spacial score (nSPS) is 16.1. The van der Waals surface area contributed by atoms with Gasteiger partial charge < -0.3 is 10.6 Å². The van der Waals surface area contributed by atoms with Gasteiger partial charge in [-0.1, -0.05) is 64.6 Å². The van der Waals surface area contributed by atoms with Gasteiger partial charge in [0.25, 0.3) is 0 Å². The summed E-state index contributed by atoms with van der Waals surface area (Å²) in [5.41, 5.74) is 2.54. The van der Waals surface area contributed by atoms with Gasteiger partial charge in [0, 0.05) is 33.6 Å². The minimum absolute atomic E-state index is 0.166. The molecule has 2 aromatic carbocycles. The SMILES string of the molecule is C[C@H](Nc1cc(NC2CCCC2)ncn1)[C@@H](Cc1ccc(Cl)cc1)c1cccc(Br)c1. The molecule has 1 heterocycles. The van der Waals surface area contributed by atoms with Crippen LogP contribution in [-0.2, 0) is 6.42 Å². The number of nitrogens with one attached hydrogen (secondary N) is 2. The third-order valence-corrected chi connectivity index (χ3v) is 6.74. The molecule has 1 aromatic heterocycles. The quantitative estimate of drug-likeness (QED) is 0.348. The van der Waals surface area contributed by atoms with Crippen LogP contribution in [0.25, 0.3) is 0 Å². The first-order chi connectivity index (χ1) is 15.1. The van der Waals surface area contributed by atoms with E-state index in [-0.39, 0.29) is 12.0 Å². The Morgan fingerprint density at radius 3 is 2.52 bits per heavy atom. The van der Waals surface area contributed by atoms with Crippen LogP contribution in [-0.4, -0.2) is 22.1 Å². The molecule has 31 heavy (non-hydrogen) atoms. The Morgan fingerprint density at radius 2 is 1.77 bits per heavy atom. The number of halogens is 2. The van der Waals surface area contributed by atoms with Gasteiger partial charge in [-0.15, -0.1) is 0 Å². The molecule has 0 radical (unpaired) electrons. The third kappa shape index (κ3) is 6.20. The first-order valence-corrected chi connectivity index (χ1v) is 12.1. The molecule has 0 bridgehead atoms. The van der Waals surface area contributed by atoms with Crippen LogP contribution >= 0.6 is 27.5 Å². The molecule has 0 unspecified atom stereocenters. The lowest BCUT2D eigenvalue weighted by atomic mass is 9.86. The van der Waals surface area contributed by atoms with Crippen LogP contribution in [0.1, 0.15) is 49.7 Å². The number of anilines is 2. The molecule has 4 nitrogen and oxygen atoms in total. The van der Waals surface area contributed by atoms with E-state index in [0.717, 1.165) is 27.6 Å². The van der Waals surface area contributed by atoms with E-state index >= 15 is 0 Å². The van der Waals surface area contributed by atoms with Gasteiger partial charge in [0.05, 0.1) is 0 Å². The van der Waals surface area contributed by atoms with Crippen LogP contribution in [0.3, 0.4) is 0 Å². The molecule has 2 N–H and O–H groups in total. The molecule has 6 heteroatoms. The van der Waals surface area contributed by atoms with Crippen molar-refractivity contribution in [3.8, 4) is 0 Å². The van der Waals surface area contributed by atoms with Crippen molar-refractivity contribution in [1.29, 1.82) is 0 Å². The van der Waals surface area contributed by atoms with E-state index in [9.17, 15) is 0 Å². The van der Waals surface area contributed by atoms with Crippen molar-refractivity contribution in [3.63, 3.8) is 0 Å². The Hall–Kier alpha value is -2.11. The van der Waals surface area contributed by atoms with Gasteiger partial charge in [0.15, 0.2) is 0 Å². The minimum Gasteiger partial charge on any atom is -0.367 e. The van der Waals surface area contributed by atoms with Gasteiger partial charge in [-0.05, 0) is 61.6 Å². The third-order valence-electron chi connectivity index (χ3n) is 6.00. The van der Waals surface area contributed by atoms with Crippen LogP contribution in [0, 0.1) is 0 Å². The highest BCUT2D eigenvalue weighted by Gasteiger charge is 2.21. The van der Waals surface area contributed by atoms with Crippen LogP contribution in [0.15, 0.2) is 65.4 Å². The summed E-state index contributed by atoms with van der Waals surface area (Å²) in [5.74, 6) is 2.01. The molecule has 162 valence electrons. The highest BCUT2D eigenvalue weighted by molar-refractivity contribution is 9.10. The highest BCUT2D eigenvalue weighted by Crippen LogP contribution is 2.29. The molecule has 1 fully saturated rings. The van der Waals surface area contributed by atoms with E-state index in [1.165, 1.54) is 36.8 Å². The largest absolute Gasteiger partial charge is 0.367 e. The van der Waals surface area contributed by atoms with E-state index in [1.807, 2.05) is 18.2 Å². The molecule has 4 rings (SSSR count). The van der Waals surface area contributed by atoms with Crippen LogP contribution in [0.4, 0.5) is 11.6 Å². The van der Waals surface area contributed by atoms with Gasteiger partial charge in [0.2, 0.25) is 0 Å². The zero-order chi connectivity index (χ0) is 21.6. The number of hydrogen-bond donors (Lipinski definition) is 2. The first kappa shape index (κ1) is 22.1. The number of benzene rings is 2.